The first kappa shape index (κ1) is 26.4. The number of alkyl halides is 3. The quantitative estimate of drug-likeness (QED) is 0.294. The van der Waals surface area contributed by atoms with Crippen LogP contribution in [-0.4, -0.2) is 57.2 Å². The standard InChI is InChI=1S/C19H26F3N5OS.HI/c1-23-18(24-10-9-17-26-16(12-29-17)19(20,21)22)25-11-15(27(2)3)13-5-7-14(28-4)8-6-13;/h5-8,12,15H,9-11H2,1-4H3,(H2,23,24,25);1H. The van der Waals surface area contributed by atoms with Gasteiger partial charge in [0.25, 0.3) is 0 Å². The number of methoxy groups -OCH3 is 1. The highest BCUT2D eigenvalue weighted by Gasteiger charge is 2.33. The fraction of sp³-hybridized carbons (Fsp3) is 0.474. The van der Waals surface area contributed by atoms with Crippen molar-refractivity contribution >= 4 is 41.3 Å². The lowest BCUT2D eigenvalue weighted by Crippen LogP contribution is -2.42. The van der Waals surface area contributed by atoms with Gasteiger partial charge in [0.1, 0.15) is 5.75 Å². The predicted octanol–water partition coefficient (Wildman–Crippen LogP) is 3.80. The number of hydrogen-bond acceptors (Lipinski definition) is 5. The molecule has 30 heavy (non-hydrogen) atoms. The van der Waals surface area contributed by atoms with E-state index < -0.39 is 11.9 Å². The van der Waals surface area contributed by atoms with E-state index in [2.05, 4.69) is 25.5 Å². The SMILES string of the molecule is CN=C(NCCc1nc(C(F)(F)F)cs1)NCC(c1ccc(OC)cc1)N(C)C.I. The molecule has 0 fully saturated rings. The second-order valence-electron chi connectivity index (χ2n) is 6.51. The first-order valence-electron chi connectivity index (χ1n) is 9.01. The number of thiazole rings is 1. The fourth-order valence-corrected chi connectivity index (χ4v) is 3.49. The Balaban J connectivity index is 0.00000450. The molecular weight excluding hydrogens is 530 g/mol. The van der Waals surface area contributed by atoms with Gasteiger partial charge in [-0.15, -0.1) is 35.3 Å². The molecule has 2 N–H and O–H groups in total. The van der Waals surface area contributed by atoms with Crippen molar-refractivity contribution in [3.63, 3.8) is 0 Å². The van der Waals surface area contributed by atoms with E-state index in [-0.39, 0.29) is 30.0 Å². The van der Waals surface area contributed by atoms with E-state index in [1.807, 2.05) is 38.4 Å². The number of halogens is 4. The maximum Gasteiger partial charge on any atom is 0.434 e. The van der Waals surface area contributed by atoms with Gasteiger partial charge < -0.3 is 20.3 Å². The number of hydrogen-bond donors (Lipinski definition) is 2. The van der Waals surface area contributed by atoms with E-state index in [9.17, 15) is 13.2 Å². The molecule has 1 unspecified atom stereocenters. The van der Waals surface area contributed by atoms with Gasteiger partial charge in [0, 0.05) is 31.9 Å². The van der Waals surface area contributed by atoms with E-state index in [0.29, 0.717) is 30.5 Å². The summed E-state index contributed by atoms with van der Waals surface area (Å²) in [5.41, 5.74) is 0.287. The zero-order chi connectivity index (χ0) is 21.4. The molecule has 1 aromatic heterocycles. The molecule has 0 aliphatic heterocycles. The van der Waals surface area contributed by atoms with Crippen LogP contribution < -0.4 is 15.4 Å². The van der Waals surface area contributed by atoms with E-state index in [1.54, 1.807) is 14.2 Å². The highest BCUT2D eigenvalue weighted by molar-refractivity contribution is 14.0. The molecule has 168 valence electrons. The molecule has 1 aromatic carbocycles. The Kier molecular flexibility index (Phi) is 10.8. The molecule has 0 spiro atoms. The van der Waals surface area contributed by atoms with Crippen molar-refractivity contribution in [1.82, 2.24) is 20.5 Å². The number of nitrogens with zero attached hydrogens (tertiary/aromatic N) is 3. The van der Waals surface area contributed by atoms with Crippen LogP contribution in [0.5, 0.6) is 5.75 Å². The average molecular weight is 557 g/mol. The van der Waals surface area contributed by atoms with Gasteiger partial charge in [0.2, 0.25) is 0 Å². The molecule has 6 nitrogen and oxygen atoms in total. The average Bonchev–Trinajstić information content (AvgIpc) is 3.16. The van der Waals surface area contributed by atoms with Crippen molar-refractivity contribution < 1.29 is 17.9 Å². The minimum Gasteiger partial charge on any atom is -0.497 e. The Hall–Kier alpha value is -1.60. The van der Waals surface area contributed by atoms with Crippen LogP contribution in [0.2, 0.25) is 0 Å². The van der Waals surface area contributed by atoms with Gasteiger partial charge >= 0.3 is 6.18 Å². The number of aliphatic imine (C=N–C) groups is 1. The number of benzene rings is 1. The molecule has 0 saturated carbocycles. The summed E-state index contributed by atoms with van der Waals surface area (Å²) in [7, 11) is 7.27. The summed E-state index contributed by atoms with van der Waals surface area (Å²) in [5, 5.41) is 7.85. The second-order valence-corrected chi connectivity index (χ2v) is 7.45. The van der Waals surface area contributed by atoms with E-state index >= 15 is 0 Å². The van der Waals surface area contributed by atoms with E-state index in [1.165, 1.54) is 0 Å². The minimum absolute atomic E-state index is 0. The third-order valence-corrected chi connectivity index (χ3v) is 5.19. The largest absolute Gasteiger partial charge is 0.497 e. The number of likely N-dealkylation sites (N-methyl/N-ethyl adjacent to an activating group) is 1. The van der Waals surface area contributed by atoms with Crippen molar-refractivity contribution in [3.8, 4) is 5.75 Å². The molecule has 1 heterocycles. The highest BCUT2D eigenvalue weighted by Crippen LogP contribution is 2.30. The zero-order valence-electron chi connectivity index (χ0n) is 17.3. The molecule has 0 saturated heterocycles. The van der Waals surface area contributed by atoms with Gasteiger partial charge in [-0.05, 0) is 31.8 Å². The first-order valence-corrected chi connectivity index (χ1v) is 9.89. The van der Waals surface area contributed by atoms with Crippen molar-refractivity contribution in [3.05, 3.63) is 45.9 Å². The molecule has 0 bridgehead atoms. The molecule has 0 amide bonds. The lowest BCUT2D eigenvalue weighted by molar-refractivity contribution is -0.140. The van der Waals surface area contributed by atoms with E-state index in [0.717, 1.165) is 28.0 Å². The lowest BCUT2D eigenvalue weighted by atomic mass is 10.1. The number of aromatic nitrogens is 1. The second kappa shape index (κ2) is 12.3. The van der Waals surface area contributed by atoms with Crippen LogP contribution in [0, 0.1) is 0 Å². The molecule has 2 rings (SSSR count). The monoisotopic (exact) mass is 557 g/mol. The van der Waals surface area contributed by atoms with Gasteiger partial charge in [-0.2, -0.15) is 13.2 Å². The minimum atomic E-state index is -4.40. The van der Waals surface area contributed by atoms with Crippen LogP contribution >= 0.6 is 35.3 Å². The lowest BCUT2D eigenvalue weighted by Gasteiger charge is -2.26. The van der Waals surface area contributed by atoms with Gasteiger partial charge in [-0.25, -0.2) is 4.98 Å². The van der Waals surface area contributed by atoms with Gasteiger partial charge in [-0.1, -0.05) is 12.1 Å². The van der Waals surface area contributed by atoms with Gasteiger partial charge in [0.15, 0.2) is 11.7 Å². The summed E-state index contributed by atoms with van der Waals surface area (Å²) in [6, 6.07) is 7.97. The third kappa shape index (κ3) is 7.91. The van der Waals surface area contributed by atoms with Crippen LogP contribution in [0.3, 0.4) is 0 Å². The number of rotatable bonds is 8. The molecule has 11 heteroatoms. The highest BCUT2D eigenvalue weighted by atomic mass is 127. The number of guanidine groups is 1. The number of ether oxygens (including phenoxy) is 1. The zero-order valence-corrected chi connectivity index (χ0v) is 20.4. The Morgan fingerprint density at radius 2 is 1.90 bits per heavy atom. The third-order valence-electron chi connectivity index (χ3n) is 4.28. The van der Waals surface area contributed by atoms with Crippen molar-refractivity contribution in [1.29, 1.82) is 0 Å². The topological polar surface area (TPSA) is 61.8 Å². The van der Waals surface area contributed by atoms with Gasteiger partial charge in [0.05, 0.1) is 18.2 Å². The Morgan fingerprint density at radius 1 is 1.23 bits per heavy atom. The first-order chi connectivity index (χ1) is 13.7. The van der Waals surface area contributed by atoms with Crippen LogP contribution in [0.15, 0.2) is 34.6 Å². The Bertz CT molecular complexity index is 796. The van der Waals surface area contributed by atoms with Crippen molar-refractivity contribution in [2.75, 3.05) is 41.3 Å². The number of nitrogens with one attached hydrogen (secondary N) is 2. The molecule has 0 radical (unpaired) electrons. The Morgan fingerprint density at radius 3 is 2.40 bits per heavy atom. The van der Waals surface area contributed by atoms with Crippen LogP contribution in [-0.2, 0) is 12.6 Å². The predicted molar refractivity (Wildman–Crippen MR) is 125 cm³/mol. The summed E-state index contributed by atoms with van der Waals surface area (Å²) in [6.07, 6.45) is -4.01. The summed E-state index contributed by atoms with van der Waals surface area (Å²) in [4.78, 5) is 9.90. The molecule has 1 atom stereocenters. The maximum atomic E-state index is 12.6. The summed E-state index contributed by atoms with van der Waals surface area (Å²) in [5.74, 6) is 1.38. The van der Waals surface area contributed by atoms with E-state index in [4.69, 9.17) is 4.74 Å². The van der Waals surface area contributed by atoms with Crippen LogP contribution in [0.4, 0.5) is 13.2 Å². The maximum absolute atomic E-state index is 12.6. The molecular formula is C19H27F3IN5OS. The van der Waals surface area contributed by atoms with Crippen LogP contribution in [0.25, 0.3) is 0 Å². The fourth-order valence-electron chi connectivity index (χ4n) is 2.68. The molecule has 0 aliphatic rings. The van der Waals surface area contributed by atoms with Crippen molar-refractivity contribution in [2.45, 2.75) is 18.6 Å². The van der Waals surface area contributed by atoms with Crippen LogP contribution in [0.1, 0.15) is 22.3 Å². The van der Waals surface area contributed by atoms with Gasteiger partial charge in [-0.3, -0.25) is 4.99 Å². The smallest absolute Gasteiger partial charge is 0.434 e. The normalized spacial score (nSPS) is 13.0. The molecule has 2 aromatic rings. The summed E-state index contributed by atoms with van der Waals surface area (Å²) < 4.78 is 43.1. The van der Waals surface area contributed by atoms with Crippen molar-refractivity contribution in [2.24, 2.45) is 4.99 Å². The molecule has 0 aliphatic carbocycles. The summed E-state index contributed by atoms with van der Waals surface area (Å²) in [6.45, 7) is 1.04. The Labute approximate surface area is 196 Å². The summed E-state index contributed by atoms with van der Waals surface area (Å²) >= 11 is 1.01.